The summed E-state index contributed by atoms with van der Waals surface area (Å²) in [7, 11) is -2.92. The number of hydrogen-bond acceptors (Lipinski definition) is 3. The number of sulfone groups is 1. The third-order valence-corrected chi connectivity index (χ3v) is 3.76. The SMILES string of the molecule is C=CC(=O)N1CCCS(=O)(=O)CC1. The van der Waals surface area contributed by atoms with Gasteiger partial charge in [0.15, 0.2) is 9.84 Å². The fourth-order valence-electron chi connectivity index (χ4n) is 1.29. The normalized spacial score (nSPS) is 22.0. The molecule has 1 heterocycles. The van der Waals surface area contributed by atoms with Crippen LogP contribution in [0, 0.1) is 0 Å². The molecule has 0 spiro atoms. The molecule has 0 radical (unpaired) electrons. The fraction of sp³-hybridized carbons (Fsp3) is 0.625. The first-order chi connectivity index (χ1) is 6.05. The maximum absolute atomic E-state index is 11.2. The highest BCUT2D eigenvalue weighted by Gasteiger charge is 2.20. The number of amides is 1. The van der Waals surface area contributed by atoms with Crippen LogP contribution in [0.1, 0.15) is 6.42 Å². The summed E-state index contributed by atoms with van der Waals surface area (Å²) in [6, 6.07) is 0. The lowest BCUT2D eigenvalue weighted by atomic mass is 10.4. The molecule has 13 heavy (non-hydrogen) atoms. The zero-order valence-electron chi connectivity index (χ0n) is 7.40. The molecule has 1 amide bonds. The van der Waals surface area contributed by atoms with Crippen LogP contribution in [0.4, 0.5) is 0 Å². The van der Waals surface area contributed by atoms with Gasteiger partial charge in [-0.15, -0.1) is 0 Å². The second-order valence-electron chi connectivity index (χ2n) is 3.03. The average molecular weight is 203 g/mol. The molecule has 1 aliphatic rings. The van der Waals surface area contributed by atoms with Crippen LogP contribution in [0.5, 0.6) is 0 Å². The molecule has 0 aromatic heterocycles. The molecule has 1 fully saturated rings. The van der Waals surface area contributed by atoms with E-state index in [1.165, 1.54) is 11.0 Å². The van der Waals surface area contributed by atoms with Crippen molar-refractivity contribution in [3.63, 3.8) is 0 Å². The van der Waals surface area contributed by atoms with Gasteiger partial charge >= 0.3 is 0 Å². The molecule has 0 aliphatic carbocycles. The standard InChI is InChI=1S/C8H13NO3S/c1-2-8(10)9-4-3-6-13(11,12)7-5-9/h2H,1,3-7H2. The summed E-state index contributed by atoms with van der Waals surface area (Å²) < 4.78 is 22.3. The maximum atomic E-state index is 11.2. The highest BCUT2D eigenvalue weighted by molar-refractivity contribution is 7.91. The monoisotopic (exact) mass is 203 g/mol. The molecule has 5 heteroatoms. The molecule has 4 nitrogen and oxygen atoms in total. The number of rotatable bonds is 1. The highest BCUT2D eigenvalue weighted by Crippen LogP contribution is 2.05. The second-order valence-corrected chi connectivity index (χ2v) is 5.34. The van der Waals surface area contributed by atoms with Gasteiger partial charge in [0.1, 0.15) is 0 Å². The van der Waals surface area contributed by atoms with Gasteiger partial charge in [0.25, 0.3) is 0 Å². The van der Waals surface area contributed by atoms with Gasteiger partial charge in [0, 0.05) is 13.1 Å². The topological polar surface area (TPSA) is 54.5 Å². The molecule has 0 unspecified atom stereocenters. The Kier molecular flexibility index (Phi) is 3.08. The summed E-state index contributed by atoms with van der Waals surface area (Å²) in [6.45, 7) is 4.18. The summed E-state index contributed by atoms with van der Waals surface area (Å²) in [6.07, 6.45) is 1.75. The van der Waals surface area contributed by atoms with Crippen molar-refractivity contribution >= 4 is 15.7 Å². The second kappa shape index (κ2) is 3.91. The Morgan fingerprint density at radius 2 is 2.00 bits per heavy atom. The molecule has 0 bridgehead atoms. The molecule has 1 rings (SSSR count). The Bertz CT molecular complexity index is 307. The van der Waals surface area contributed by atoms with Crippen molar-refractivity contribution in [1.82, 2.24) is 4.90 Å². The van der Waals surface area contributed by atoms with E-state index in [-0.39, 0.29) is 17.4 Å². The van der Waals surface area contributed by atoms with E-state index in [1.807, 2.05) is 0 Å². The van der Waals surface area contributed by atoms with Crippen molar-refractivity contribution in [2.24, 2.45) is 0 Å². The van der Waals surface area contributed by atoms with E-state index in [0.717, 1.165) is 0 Å². The molecule has 1 saturated heterocycles. The van der Waals surface area contributed by atoms with Crippen LogP contribution in [-0.4, -0.2) is 43.8 Å². The molecule has 1 aliphatic heterocycles. The number of hydrogen-bond donors (Lipinski definition) is 0. The molecule has 0 aromatic rings. The Hall–Kier alpha value is -0.840. The molecular weight excluding hydrogens is 190 g/mol. The van der Waals surface area contributed by atoms with Crippen molar-refractivity contribution < 1.29 is 13.2 Å². The number of nitrogens with zero attached hydrogens (tertiary/aromatic N) is 1. The molecule has 0 aromatic carbocycles. The van der Waals surface area contributed by atoms with Gasteiger partial charge in [-0.25, -0.2) is 8.42 Å². The predicted molar refractivity (Wildman–Crippen MR) is 50.0 cm³/mol. The molecule has 0 saturated carbocycles. The zero-order valence-corrected chi connectivity index (χ0v) is 8.22. The van der Waals surface area contributed by atoms with E-state index in [1.54, 1.807) is 0 Å². The molecule has 74 valence electrons. The van der Waals surface area contributed by atoms with Gasteiger partial charge in [0.05, 0.1) is 11.5 Å². The summed E-state index contributed by atoms with van der Waals surface area (Å²) in [5, 5.41) is 0. The highest BCUT2D eigenvalue weighted by atomic mass is 32.2. The first-order valence-electron chi connectivity index (χ1n) is 4.17. The Morgan fingerprint density at radius 1 is 1.31 bits per heavy atom. The lowest BCUT2D eigenvalue weighted by Crippen LogP contribution is -2.32. The van der Waals surface area contributed by atoms with E-state index in [0.29, 0.717) is 19.5 Å². The minimum Gasteiger partial charge on any atom is -0.338 e. The van der Waals surface area contributed by atoms with Crippen LogP contribution in [-0.2, 0) is 14.6 Å². The van der Waals surface area contributed by atoms with Crippen LogP contribution in [0.3, 0.4) is 0 Å². The van der Waals surface area contributed by atoms with E-state index in [2.05, 4.69) is 6.58 Å². The van der Waals surface area contributed by atoms with Crippen LogP contribution in [0.25, 0.3) is 0 Å². The summed E-state index contributed by atoms with van der Waals surface area (Å²) >= 11 is 0. The predicted octanol–water partition coefficient (Wildman–Crippen LogP) is -0.181. The number of carbonyl (C=O) groups is 1. The van der Waals surface area contributed by atoms with Crippen molar-refractivity contribution in [3.8, 4) is 0 Å². The Balaban J connectivity index is 2.65. The molecular formula is C8H13NO3S. The third kappa shape index (κ3) is 2.84. The lowest BCUT2D eigenvalue weighted by molar-refractivity contribution is -0.125. The van der Waals surface area contributed by atoms with Crippen LogP contribution >= 0.6 is 0 Å². The zero-order chi connectivity index (χ0) is 9.90. The van der Waals surface area contributed by atoms with Gasteiger partial charge in [-0.1, -0.05) is 6.58 Å². The minimum atomic E-state index is -2.92. The largest absolute Gasteiger partial charge is 0.338 e. The smallest absolute Gasteiger partial charge is 0.245 e. The van der Waals surface area contributed by atoms with Crippen LogP contribution in [0.15, 0.2) is 12.7 Å². The number of carbonyl (C=O) groups excluding carboxylic acids is 1. The van der Waals surface area contributed by atoms with E-state index >= 15 is 0 Å². The Morgan fingerprint density at radius 3 is 2.62 bits per heavy atom. The van der Waals surface area contributed by atoms with Gasteiger partial charge < -0.3 is 4.90 Å². The minimum absolute atomic E-state index is 0.0760. The fourth-order valence-corrected chi connectivity index (χ4v) is 2.56. The Labute approximate surface area is 78.1 Å². The van der Waals surface area contributed by atoms with Gasteiger partial charge in [-0.2, -0.15) is 0 Å². The van der Waals surface area contributed by atoms with Gasteiger partial charge in [-0.05, 0) is 12.5 Å². The van der Waals surface area contributed by atoms with Crippen molar-refractivity contribution in [3.05, 3.63) is 12.7 Å². The third-order valence-electron chi connectivity index (χ3n) is 2.04. The average Bonchev–Trinajstić information content (AvgIpc) is 2.25. The van der Waals surface area contributed by atoms with E-state index in [9.17, 15) is 13.2 Å². The maximum Gasteiger partial charge on any atom is 0.245 e. The van der Waals surface area contributed by atoms with Gasteiger partial charge in [0.2, 0.25) is 5.91 Å². The van der Waals surface area contributed by atoms with Crippen LogP contribution in [0.2, 0.25) is 0 Å². The first kappa shape index (κ1) is 10.2. The quantitative estimate of drug-likeness (QED) is 0.555. The van der Waals surface area contributed by atoms with Crippen molar-refractivity contribution in [2.45, 2.75) is 6.42 Å². The van der Waals surface area contributed by atoms with Crippen molar-refractivity contribution in [1.29, 1.82) is 0 Å². The van der Waals surface area contributed by atoms with E-state index < -0.39 is 9.84 Å². The molecule has 0 N–H and O–H groups in total. The first-order valence-corrected chi connectivity index (χ1v) is 5.99. The van der Waals surface area contributed by atoms with Crippen molar-refractivity contribution in [2.75, 3.05) is 24.6 Å². The molecule has 0 atom stereocenters. The summed E-state index contributed by atoms with van der Waals surface area (Å²) in [5.74, 6) is 0.0811. The van der Waals surface area contributed by atoms with E-state index in [4.69, 9.17) is 0 Å². The summed E-state index contributed by atoms with van der Waals surface area (Å²) in [5.41, 5.74) is 0. The lowest BCUT2D eigenvalue weighted by Gasteiger charge is -2.16. The summed E-state index contributed by atoms with van der Waals surface area (Å²) in [4.78, 5) is 12.7. The van der Waals surface area contributed by atoms with Gasteiger partial charge in [-0.3, -0.25) is 4.79 Å². The van der Waals surface area contributed by atoms with Crippen LogP contribution < -0.4 is 0 Å².